The zero-order chi connectivity index (χ0) is 18.2. The Hall–Kier alpha value is -2.67. The van der Waals surface area contributed by atoms with Crippen molar-refractivity contribution in [2.24, 2.45) is 0 Å². The lowest BCUT2D eigenvalue weighted by molar-refractivity contribution is -0.154. The maximum Gasteiger partial charge on any atom is 0.311 e. The first-order valence-electron chi connectivity index (χ1n) is 7.55. The lowest BCUT2D eigenvalue weighted by Gasteiger charge is -2.14. The Balaban J connectivity index is 1.78. The second-order valence-corrected chi connectivity index (χ2v) is 6.16. The highest BCUT2D eigenvalue weighted by atomic mass is 79.9. The van der Waals surface area contributed by atoms with Gasteiger partial charge >= 0.3 is 5.97 Å². The third-order valence-electron chi connectivity index (χ3n) is 3.27. The Morgan fingerprint density at radius 3 is 2.28 bits per heavy atom. The summed E-state index contributed by atoms with van der Waals surface area (Å²) < 4.78 is 5.98. The molecule has 0 saturated heterocycles. The minimum absolute atomic E-state index is 0.0568. The van der Waals surface area contributed by atoms with Crippen LogP contribution >= 0.6 is 15.9 Å². The van der Waals surface area contributed by atoms with E-state index in [9.17, 15) is 14.4 Å². The molecule has 0 aromatic heterocycles. The van der Waals surface area contributed by atoms with Crippen molar-refractivity contribution in [3.63, 3.8) is 0 Å². The molecule has 2 amide bonds. The van der Waals surface area contributed by atoms with E-state index in [0.717, 1.165) is 10.0 Å². The van der Waals surface area contributed by atoms with Gasteiger partial charge in [-0.2, -0.15) is 0 Å². The van der Waals surface area contributed by atoms with Gasteiger partial charge in [-0.15, -0.1) is 0 Å². The van der Waals surface area contributed by atoms with Gasteiger partial charge in [0.25, 0.3) is 11.8 Å². The predicted molar refractivity (Wildman–Crippen MR) is 95.5 cm³/mol. The molecule has 2 N–H and O–H groups in total. The molecule has 0 saturated carbocycles. The number of nitrogens with one attached hydrogen (secondary N) is 2. The molecule has 0 heterocycles. The number of amides is 2. The van der Waals surface area contributed by atoms with E-state index in [1.807, 2.05) is 12.1 Å². The van der Waals surface area contributed by atoms with Crippen LogP contribution in [-0.2, 0) is 20.7 Å². The molecule has 2 aromatic rings. The fourth-order valence-electron chi connectivity index (χ4n) is 1.94. The highest BCUT2D eigenvalue weighted by molar-refractivity contribution is 9.10. The van der Waals surface area contributed by atoms with Crippen LogP contribution in [0.4, 0.5) is 0 Å². The zero-order valence-electron chi connectivity index (χ0n) is 13.5. The van der Waals surface area contributed by atoms with E-state index in [1.54, 1.807) is 42.5 Å². The van der Waals surface area contributed by atoms with Gasteiger partial charge in [0.15, 0.2) is 6.10 Å². The van der Waals surface area contributed by atoms with Gasteiger partial charge in [0.1, 0.15) is 0 Å². The highest BCUT2D eigenvalue weighted by Crippen LogP contribution is 2.11. The molecule has 0 spiro atoms. The van der Waals surface area contributed by atoms with E-state index in [2.05, 4.69) is 26.8 Å². The van der Waals surface area contributed by atoms with Crippen LogP contribution < -0.4 is 10.9 Å². The van der Waals surface area contributed by atoms with Gasteiger partial charge in [-0.1, -0.05) is 46.3 Å². The number of carbonyl (C=O) groups excluding carboxylic acids is 3. The summed E-state index contributed by atoms with van der Waals surface area (Å²) in [5, 5.41) is 0. The number of ether oxygens (including phenoxy) is 1. The highest BCUT2D eigenvalue weighted by Gasteiger charge is 2.18. The minimum Gasteiger partial charge on any atom is -0.452 e. The third kappa shape index (κ3) is 6.04. The quantitative estimate of drug-likeness (QED) is 0.591. The zero-order valence-corrected chi connectivity index (χ0v) is 15.1. The van der Waals surface area contributed by atoms with Crippen molar-refractivity contribution in [3.8, 4) is 0 Å². The fourth-order valence-corrected chi connectivity index (χ4v) is 2.21. The molecular weight excluding hydrogens is 388 g/mol. The molecule has 2 aromatic carbocycles. The van der Waals surface area contributed by atoms with Gasteiger partial charge in [0.05, 0.1) is 6.42 Å². The van der Waals surface area contributed by atoms with Crippen molar-refractivity contribution in [2.45, 2.75) is 19.4 Å². The summed E-state index contributed by atoms with van der Waals surface area (Å²) in [5.74, 6) is -1.60. The molecule has 1 atom stereocenters. The maximum absolute atomic E-state index is 11.9. The number of rotatable bonds is 5. The number of hydrogen-bond donors (Lipinski definition) is 2. The molecule has 0 aliphatic rings. The van der Waals surface area contributed by atoms with E-state index < -0.39 is 23.9 Å². The first-order valence-corrected chi connectivity index (χ1v) is 8.34. The molecule has 0 aliphatic carbocycles. The normalized spacial score (nSPS) is 11.3. The Morgan fingerprint density at radius 2 is 1.64 bits per heavy atom. The van der Waals surface area contributed by atoms with Crippen molar-refractivity contribution in [2.75, 3.05) is 0 Å². The Bertz CT molecular complexity index is 747. The molecule has 0 unspecified atom stereocenters. The second-order valence-electron chi connectivity index (χ2n) is 5.24. The molecule has 2 rings (SSSR count). The number of halogens is 1. The summed E-state index contributed by atoms with van der Waals surface area (Å²) in [7, 11) is 0. The standard InChI is InChI=1S/C18H17BrN2O4/c1-12(25-16(22)11-13-7-9-15(19)10-8-13)17(23)20-21-18(24)14-5-3-2-4-6-14/h2-10,12H,11H2,1H3,(H,20,23)(H,21,24)/t12-/m0/s1. The molecule has 0 fully saturated rings. The third-order valence-corrected chi connectivity index (χ3v) is 3.80. The largest absolute Gasteiger partial charge is 0.452 e. The van der Waals surface area contributed by atoms with Crippen molar-refractivity contribution in [3.05, 3.63) is 70.2 Å². The molecular formula is C18H17BrN2O4. The first kappa shape index (κ1) is 18.7. The first-order chi connectivity index (χ1) is 12.0. The molecule has 0 bridgehead atoms. The van der Waals surface area contributed by atoms with Crippen molar-refractivity contribution < 1.29 is 19.1 Å². The van der Waals surface area contributed by atoms with Gasteiger partial charge in [0, 0.05) is 10.0 Å². The lowest BCUT2D eigenvalue weighted by Crippen LogP contribution is -2.46. The topological polar surface area (TPSA) is 84.5 Å². The van der Waals surface area contributed by atoms with Crippen LogP contribution in [0.25, 0.3) is 0 Å². The van der Waals surface area contributed by atoms with Crippen LogP contribution in [0.2, 0.25) is 0 Å². The lowest BCUT2D eigenvalue weighted by atomic mass is 10.1. The number of carbonyl (C=O) groups is 3. The maximum atomic E-state index is 11.9. The van der Waals surface area contributed by atoms with E-state index in [1.165, 1.54) is 6.92 Å². The number of benzene rings is 2. The van der Waals surface area contributed by atoms with Gasteiger partial charge < -0.3 is 4.74 Å². The van der Waals surface area contributed by atoms with Crippen LogP contribution in [-0.4, -0.2) is 23.9 Å². The monoisotopic (exact) mass is 404 g/mol. The molecule has 0 radical (unpaired) electrons. The summed E-state index contributed by atoms with van der Waals surface area (Å²) in [6, 6.07) is 15.6. The van der Waals surface area contributed by atoms with Gasteiger partial charge in [-0.25, -0.2) is 0 Å². The van der Waals surface area contributed by atoms with Gasteiger partial charge in [-0.05, 0) is 36.8 Å². The molecule has 0 aliphatic heterocycles. The minimum atomic E-state index is -1.03. The molecule has 25 heavy (non-hydrogen) atoms. The average molecular weight is 405 g/mol. The summed E-state index contributed by atoms with van der Waals surface area (Å²) >= 11 is 3.31. The van der Waals surface area contributed by atoms with Crippen LogP contribution in [0, 0.1) is 0 Å². The SMILES string of the molecule is C[C@H](OC(=O)Cc1ccc(Br)cc1)C(=O)NNC(=O)c1ccccc1. The Kier molecular flexibility index (Phi) is 6.71. The van der Waals surface area contributed by atoms with Crippen LogP contribution in [0.3, 0.4) is 0 Å². The van der Waals surface area contributed by atoms with Gasteiger partial charge in [0.2, 0.25) is 0 Å². The Labute approximate surface area is 153 Å². The summed E-state index contributed by atoms with van der Waals surface area (Å²) in [5.41, 5.74) is 5.69. The number of hydrazine groups is 1. The smallest absolute Gasteiger partial charge is 0.311 e. The van der Waals surface area contributed by atoms with Gasteiger partial charge in [-0.3, -0.25) is 25.2 Å². The molecule has 6 nitrogen and oxygen atoms in total. The predicted octanol–water partition coefficient (Wildman–Crippen LogP) is 2.38. The summed E-state index contributed by atoms with van der Waals surface area (Å²) in [6.07, 6.45) is -0.972. The summed E-state index contributed by atoms with van der Waals surface area (Å²) in [4.78, 5) is 35.6. The van der Waals surface area contributed by atoms with Crippen molar-refractivity contribution >= 4 is 33.7 Å². The number of esters is 1. The second kappa shape index (κ2) is 8.98. The van der Waals surface area contributed by atoms with Crippen molar-refractivity contribution in [1.82, 2.24) is 10.9 Å². The van der Waals surface area contributed by atoms with E-state index >= 15 is 0 Å². The summed E-state index contributed by atoms with van der Waals surface area (Å²) in [6.45, 7) is 1.43. The Morgan fingerprint density at radius 1 is 1.00 bits per heavy atom. The van der Waals surface area contributed by atoms with E-state index in [4.69, 9.17) is 4.74 Å². The van der Waals surface area contributed by atoms with Crippen LogP contribution in [0.5, 0.6) is 0 Å². The van der Waals surface area contributed by atoms with E-state index in [-0.39, 0.29) is 6.42 Å². The molecule has 7 heteroatoms. The van der Waals surface area contributed by atoms with Crippen LogP contribution in [0.15, 0.2) is 59.1 Å². The van der Waals surface area contributed by atoms with E-state index in [0.29, 0.717) is 5.56 Å². The van der Waals surface area contributed by atoms with Crippen molar-refractivity contribution in [1.29, 1.82) is 0 Å². The molecule has 130 valence electrons. The number of hydrogen-bond acceptors (Lipinski definition) is 4. The van der Waals surface area contributed by atoms with Crippen LogP contribution in [0.1, 0.15) is 22.8 Å². The average Bonchev–Trinajstić information content (AvgIpc) is 2.62. The fraction of sp³-hybridized carbons (Fsp3) is 0.167.